The number of aryl methyl sites for hydroxylation is 2. The second kappa shape index (κ2) is 11.6. The Morgan fingerprint density at radius 2 is 1.21 bits per heavy atom. The van der Waals surface area contributed by atoms with Gasteiger partial charge in [0.25, 0.3) is 0 Å². The summed E-state index contributed by atoms with van der Waals surface area (Å²) < 4.78 is 57.8. The van der Waals surface area contributed by atoms with Crippen LogP contribution in [0.3, 0.4) is 0 Å². The van der Waals surface area contributed by atoms with Gasteiger partial charge < -0.3 is 19.3 Å². The van der Waals surface area contributed by atoms with Gasteiger partial charge in [0.1, 0.15) is 0 Å². The van der Waals surface area contributed by atoms with Gasteiger partial charge in [-0.05, 0) is 89.4 Å². The van der Waals surface area contributed by atoms with Crippen molar-refractivity contribution in [1.82, 2.24) is 19.1 Å². The Hall–Kier alpha value is -4.88. The molecule has 4 aliphatic rings. The number of hydrogen-bond donors (Lipinski definition) is 2. The number of benzene rings is 4. The van der Waals surface area contributed by atoms with E-state index >= 15 is 0 Å². The standard InChI is InChI=1S/C41H36N4O6S2/c1-52(48,49)25-11-15-27-23(17-25)9-14-33(41(27)47)39-31-7-4-8-36(37(31)35-20-43-22-45(35)39)53(50,51)26-12-16-28-24(18-26)10-13-32(40(28)46)38-30-6-3-2-5-29(30)34-19-42-21-44(34)38/h2-8,11-12,15-22,32-33,38-41,46-47H,9-10,13-14H2,1H3/t32-,33-,38+,39+,40+,41-/m0/s1. The second-order valence-corrected chi connectivity index (χ2v) is 18.8. The van der Waals surface area contributed by atoms with Crippen LogP contribution in [0.15, 0.2) is 119 Å². The van der Waals surface area contributed by atoms with E-state index in [0.717, 1.165) is 39.1 Å². The molecular formula is C41H36N4O6S2. The third kappa shape index (κ3) is 4.75. The summed E-state index contributed by atoms with van der Waals surface area (Å²) in [6, 6.07) is 23.1. The molecule has 0 amide bonds. The molecule has 0 unspecified atom stereocenters. The van der Waals surface area contributed by atoms with Crippen LogP contribution in [0.4, 0.5) is 0 Å². The van der Waals surface area contributed by atoms with Crippen molar-refractivity contribution in [3.05, 3.63) is 137 Å². The predicted molar refractivity (Wildman–Crippen MR) is 197 cm³/mol. The van der Waals surface area contributed by atoms with E-state index < -0.39 is 31.9 Å². The third-order valence-corrected chi connectivity index (χ3v) is 15.0. The molecule has 53 heavy (non-hydrogen) atoms. The van der Waals surface area contributed by atoms with Crippen LogP contribution in [0.25, 0.3) is 22.5 Å². The molecular weight excluding hydrogens is 709 g/mol. The van der Waals surface area contributed by atoms with Gasteiger partial charge in [-0.3, -0.25) is 0 Å². The fraction of sp³-hybridized carbons (Fsp3) is 0.268. The van der Waals surface area contributed by atoms with E-state index in [9.17, 15) is 27.0 Å². The zero-order valence-electron chi connectivity index (χ0n) is 28.7. The largest absolute Gasteiger partial charge is 0.388 e. The number of nitrogens with zero attached hydrogens (tertiary/aromatic N) is 4. The number of aliphatic hydroxyl groups is 2. The zero-order chi connectivity index (χ0) is 36.4. The molecule has 10 rings (SSSR count). The summed E-state index contributed by atoms with van der Waals surface area (Å²) in [5, 5.41) is 23.6. The fourth-order valence-corrected chi connectivity index (χ4v) is 11.9. The van der Waals surface area contributed by atoms with Gasteiger partial charge in [0.2, 0.25) is 9.84 Å². The zero-order valence-corrected chi connectivity index (χ0v) is 30.4. The monoisotopic (exact) mass is 744 g/mol. The summed E-state index contributed by atoms with van der Waals surface area (Å²) in [4.78, 5) is 9.37. The lowest BCUT2D eigenvalue weighted by molar-refractivity contribution is 0.0717. The van der Waals surface area contributed by atoms with Crippen LogP contribution in [0, 0.1) is 11.8 Å². The van der Waals surface area contributed by atoms with Gasteiger partial charge in [-0.15, -0.1) is 0 Å². The normalized spacial score (nSPS) is 24.1. The van der Waals surface area contributed by atoms with E-state index in [0.29, 0.717) is 42.5 Å². The van der Waals surface area contributed by atoms with Crippen molar-refractivity contribution in [2.45, 2.75) is 64.7 Å². The first-order valence-electron chi connectivity index (χ1n) is 17.9. The molecule has 6 aromatic rings. The molecule has 2 aromatic heterocycles. The maximum atomic E-state index is 14.6. The molecule has 0 radical (unpaired) electrons. The van der Waals surface area contributed by atoms with Gasteiger partial charge in [-0.2, -0.15) is 0 Å². The number of fused-ring (bicyclic) bond motifs is 8. The lowest BCUT2D eigenvalue weighted by Crippen LogP contribution is -2.29. The molecule has 0 saturated heterocycles. The van der Waals surface area contributed by atoms with Crippen molar-refractivity contribution in [3.8, 4) is 22.5 Å². The summed E-state index contributed by atoms with van der Waals surface area (Å²) in [6.07, 6.45) is 9.00. The molecule has 2 N–H and O–H groups in total. The highest BCUT2D eigenvalue weighted by Crippen LogP contribution is 2.53. The van der Waals surface area contributed by atoms with E-state index in [1.54, 1.807) is 55.0 Å². The number of aliphatic hydroxyl groups excluding tert-OH is 2. The number of sulfone groups is 2. The van der Waals surface area contributed by atoms with Crippen molar-refractivity contribution >= 4 is 19.7 Å². The topological polar surface area (TPSA) is 144 Å². The number of aromatic nitrogens is 4. The Morgan fingerprint density at radius 3 is 1.89 bits per heavy atom. The maximum Gasteiger partial charge on any atom is 0.207 e. The minimum atomic E-state index is -4.03. The molecule has 4 heterocycles. The van der Waals surface area contributed by atoms with Crippen LogP contribution < -0.4 is 0 Å². The minimum Gasteiger partial charge on any atom is -0.388 e. The summed E-state index contributed by atoms with van der Waals surface area (Å²) in [6.45, 7) is 0. The number of imidazole rings is 2. The molecule has 2 aliphatic heterocycles. The van der Waals surface area contributed by atoms with E-state index in [2.05, 4.69) is 26.7 Å². The van der Waals surface area contributed by atoms with Crippen LogP contribution in [-0.2, 0) is 32.5 Å². The van der Waals surface area contributed by atoms with Crippen molar-refractivity contribution in [2.75, 3.05) is 6.26 Å². The van der Waals surface area contributed by atoms with E-state index in [1.807, 2.05) is 35.3 Å². The van der Waals surface area contributed by atoms with Gasteiger partial charge in [0, 0.05) is 29.2 Å². The van der Waals surface area contributed by atoms with Crippen molar-refractivity contribution in [1.29, 1.82) is 0 Å². The summed E-state index contributed by atoms with van der Waals surface area (Å²) in [7, 11) is -7.42. The summed E-state index contributed by atoms with van der Waals surface area (Å²) in [5.74, 6) is -0.415. The van der Waals surface area contributed by atoms with E-state index in [-0.39, 0.29) is 38.6 Å². The molecule has 0 saturated carbocycles. The third-order valence-electron chi connectivity index (χ3n) is 12.1. The Balaban J connectivity index is 0.988. The highest BCUT2D eigenvalue weighted by molar-refractivity contribution is 7.91. The van der Waals surface area contributed by atoms with Gasteiger partial charge >= 0.3 is 0 Å². The van der Waals surface area contributed by atoms with E-state index in [1.165, 1.54) is 12.3 Å². The average molecular weight is 745 g/mol. The molecule has 0 bridgehead atoms. The molecule has 0 spiro atoms. The lowest BCUT2D eigenvalue weighted by atomic mass is 9.76. The van der Waals surface area contributed by atoms with Crippen molar-refractivity contribution in [2.24, 2.45) is 11.8 Å². The quantitative estimate of drug-likeness (QED) is 0.217. The smallest absolute Gasteiger partial charge is 0.207 e. The Kier molecular flexibility index (Phi) is 7.14. The number of rotatable bonds is 5. The van der Waals surface area contributed by atoms with Gasteiger partial charge in [-0.1, -0.05) is 48.5 Å². The van der Waals surface area contributed by atoms with Gasteiger partial charge in [-0.25, -0.2) is 26.8 Å². The van der Waals surface area contributed by atoms with Crippen LogP contribution in [0.5, 0.6) is 0 Å². The summed E-state index contributed by atoms with van der Waals surface area (Å²) in [5.41, 5.74) is 8.44. The number of hydrogen-bond acceptors (Lipinski definition) is 8. The highest BCUT2D eigenvalue weighted by Gasteiger charge is 2.44. The predicted octanol–water partition coefficient (Wildman–Crippen LogP) is 6.05. The van der Waals surface area contributed by atoms with Gasteiger partial charge in [0.05, 0.1) is 75.4 Å². The molecule has 12 heteroatoms. The van der Waals surface area contributed by atoms with Crippen LogP contribution in [0.2, 0.25) is 0 Å². The van der Waals surface area contributed by atoms with Crippen molar-refractivity contribution < 1.29 is 27.0 Å². The molecule has 4 aromatic carbocycles. The molecule has 268 valence electrons. The average Bonchev–Trinajstić information content (AvgIpc) is 3.94. The highest BCUT2D eigenvalue weighted by atomic mass is 32.2. The van der Waals surface area contributed by atoms with Crippen LogP contribution in [0.1, 0.15) is 70.5 Å². The second-order valence-electron chi connectivity index (χ2n) is 14.9. The van der Waals surface area contributed by atoms with Crippen LogP contribution in [-0.4, -0.2) is 52.4 Å². The molecule has 6 atom stereocenters. The molecule has 0 fully saturated rings. The first-order valence-corrected chi connectivity index (χ1v) is 21.2. The van der Waals surface area contributed by atoms with Crippen LogP contribution >= 0.6 is 0 Å². The van der Waals surface area contributed by atoms with Crippen molar-refractivity contribution in [3.63, 3.8) is 0 Å². The SMILES string of the molecule is CS(=O)(=O)c1ccc2c(c1)CC[C@@H]([C@H]1c3cccc(S(=O)(=O)c4ccc5c(c4)CC[C@@H]([C@H]4c6ccccc6-c6cncn64)[C@@H]5O)c3-c3cncn31)[C@H]2O. The first kappa shape index (κ1) is 32.7. The fourth-order valence-electron chi connectivity index (χ4n) is 9.69. The summed E-state index contributed by atoms with van der Waals surface area (Å²) >= 11 is 0. The van der Waals surface area contributed by atoms with E-state index in [4.69, 9.17) is 0 Å². The Labute approximate surface area is 307 Å². The minimum absolute atomic E-state index is 0.0684. The molecule has 10 nitrogen and oxygen atoms in total. The molecule has 2 aliphatic carbocycles. The Bertz CT molecular complexity index is 2720. The lowest BCUT2D eigenvalue weighted by Gasteiger charge is -2.35. The maximum absolute atomic E-state index is 14.6. The first-order chi connectivity index (χ1) is 25.5. The Morgan fingerprint density at radius 1 is 0.642 bits per heavy atom. The van der Waals surface area contributed by atoms with Gasteiger partial charge in [0.15, 0.2) is 9.84 Å².